The summed E-state index contributed by atoms with van der Waals surface area (Å²) in [5.41, 5.74) is 13.8. The van der Waals surface area contributed by atoms with E-state index >= 15 is 0 Å². The van der Waals surface area contributed by atoms with Gasteiger partial charge in [0.15, 0.2) is 0 Å². The van der Waals surface area contributed by atoms with Crippen molar-refractivity contribution in [1.29, 1.82) is 0 Å². The molecule has 0 unspecified atom stereocenters. The summed E-state index contributed by atoms with van der Waals surface area (Å²) < 4.78 is 0. The summed E-state index contributed by atoms with van der Waals surface area (Å²) >= 11 is 0. The molecule has 0 amide bonds. The van der Waals surface area contributed by atoms with Gasteiger partial charge in [-0.2, -0.15) is 0 Å². The minimum Gasteiger partial charge on any atom is -0.399 e. The van der Waals surface area contributed by atoms with Crippen LogP contribution < -0.4 is 17.6 Å². The number of rotatable bonds is 2. The first-order valence-corrected chi connectivity index (χ1v) is 5.84. The van der Waals surface area contributed by atoms with Crippen molar-refractivity contribution in [2.75, 3.05) is 5.73 Å². The average Bonchev–Trinajstić information content (AvgIpc) is 2.25. The number of benzene rings is 1. The minimum absolute atomic E-state index is 0. The smallest absolute Gasteiger partial charge is 0.0314 e. The van der Waals surface area contributed by atoms with Crippen LogP contribution in [-0.2, 0) is 6.42 Å². The highest BCUT2D eigenvalue weighted by Gasteiger charge is 2.18. The normalized spacial score (nSPS) is 24.8. The molecule has 0 radical (unpaired) electrons. The first-order valence-electron chi connectivity index (χ1n) is 5.84. The first-order chi connectivity index (χ1) is 7.24. The van der Waals surface area contributed by atoms with Gasteiger partial charge < -0.3 is 17.6 Å². The molecule has 16 heavy (non-hydrogen) atoms. The van der Waals surface area contributed by atoms with E-state index in [-0.39, 0.29) is 6.15 Å². The summed E-state index contributed by atoms with van der Waals surface area (Å²) in [6.07, 6.45) is 6.14. The molecule has 1 saturated carbocycles. The van der Waals surface area contributed by atoms with E-state index in [0.717, 1.165) is 11.6 Å². The van der Waals surface area contributed by atoms with Crippen LogP contribution in [0.5, 0.6) is 0 Å². The molecule has 1 aliphatic carbocycles. The molecule has 0 spiro atoms. The standard InChI is InChI=1S/C13H20N2.H3N/c14-12-5-1-10(2-6-12)9-11-3-7-13(15)8-4-11;/h1-2,5-6,11,13H,3-4,7-9,14-15H2;1H3. The van der Waals surface area contributed by atoms with E-state index in [1.807, 2.05) is 12.1 Å². The molecule has 0 aliphatic heterocycles. The van der Waals surface area contributed by atoms with Gasteiger partial charge in [-0.15, -0.1) is 0 Å². The molecule has 1 aromatic carbocycles. The van der Waals surface area contributed by atoms with Crippen LogP contribution in [0.2, 0.25) is 0 Å². The maximum absolute atomic E-state index is 5.89. The van der Waals surface area contributed by atoms with E-state index in [1.165, 1.54) is 37.7 Å². The number of hydrogen-bond acceptors (Lipinski definition) is 3. The van der Waals surface area contributed by atoms with Crippen molar-refractivity contribution in [3.8, 4) is 0 Å². The van der Waals surface area contributed by atoms with Crippen molar-refractivity contribution in [3.63, 3.8) is 0 Å². The van der Waals surface area contributed by atoms with Gasteiger partial charge in [0.1, 0.15) is 0 Å². The van der Waals surface area contributed by atoms with Crippen LogP contribution in [0.15, 0.2) is 24.3 Å². The molecule has 3 nitrogen and oxygen atoms in total. The van der Waals surface area contributed by atoms with E-state index in [0.29, 0.717) is 6.04 Å². The van der Waals surface area contributed by atoms with Crippen molar-refractivity contribution < 1.29 is 0 Å². The second-order valence-electron chi connectivity index (χ2n) is 4.73. The van der Waals surface area contributed by atoms with Gasteiger partial charge >= 0.3 is 0 Å². The zero-order chi connectivity index (χ0) is 10.7. The topological polar surface area (TPSA) is 87.0 Å². The zero-order valence-corrected chi connectivity index (χ0v) is 9.86. The molecule has 0 heterocycles. The maximum atomic E-state index is 5.89. The molecule has 0 saturated heterocycles. The third-order valence-electron chi connectivity index (χ3n) is 3.40. The van der Waals surface area contributed by atoms with Crippen molar-refractivity contribution >= 4 is 5.69 Å². The van der Waals surface area contributed by atoms with Gasteiger partial charge in [-0.3, -0.25) is 0 Å². The van der Waals surface area contributed by atoms with Gasteiger partial charge in [-0.1, -0.05) is 12.1 Å². The van der Waals surface area contributed by atoms with Crippen LogP contribution in [0.25, 0.3) is 0 Å². The van der Waals surface area contributed by atoms with E-state index in [2.05, 4.69) is 12.1 Å². The SMILES string of the molecule is N.Nc1ccc(CC2CCC(N)CC2)cc1. The highest BCUT2D eigenvalue weighted by molar-refractivity contribution is 5.39. The lowest BCUT2D eigenvalue weighted by molar-refractivity contribution is 0.325. The van der Waals surface area contributed by atoms with Crippen LogP contribution in [0.1, 0.15) is 31.2 Å². The summed E-state index contributed by atoms with van der Waals surface area (Å²) in [7, 11) is 0. The van der Waals surface area contributed by atoms with Crippen molar-refractivity contribution in [1.82, 2.24) is 6.15 Å². The third kappa shape index (κ3) is 3.51. The highest BCUT2D eigenvalue weighted by atomic mass is 14.6. The number of nitrogen functional groups attached to an aromatic ring is 1. The lowest BCUT2D eigenvalue weighted by atomic mass is 9.83. The zero-order valence-electron chi connectivity index (χ0n) is 9.86. The van der Waals surface area contributed by atoms with E-state index in [4.69, 9.17) is 11.5 Å². The van der Waals surface area contributed by atoms with Crippen LogP contribution in [0.3, 0.4) is 0 Å². The average molecular weight is 221 g/mol. The Balaban J connectivity index is 0.00000128. The molecule has 2 rings (SSSR count). The predicted octanol–water partition coefficient (Wildman–Crippen LogP) is 2.49. The molecule has 7 N–H and O–H groups in total. The summed E-state index contributed by atoms with van der Waals surface area (Å²) in [4.78, 5) is 0. The van der Waals surface area contributed by atoms with Crippen LogP contribution >= 0.6 is 0 Å². The Morgan fingerprint density at radius 2 is 1.56 bits per heavy atom. The van der Waals surface area contributed by atoms with Gasteiger partial charge in [-0.05, 0) is 55.7 Å². The van der Waals surface area contributed by atoms with Crippen LogP contribution in [-0.4, -0.2) is 6.04 Å². The lowest BCUT2D eigenvalue weighted by Gasteiger charge is -2.26. The molecule has 90 valence electrons. The fourth-order valence-electron chi connectivity index (χ4n) is 2.38. The Bertz CT molecular complexity index is 299. The molecule has 0 bridgehead atoms. The largest absolute Gasteiger partial charge is 0.399 e. The van der Waals surface area contributed by atoms with Gasteiger partial charge in [0.05, 0.1) is 0 Å². The van der Waals surface area contributed by atoms with Crippen molar-refractivity contribution in [2.45, 2.75) is 38.1 Å². The number of nitrogens with two attached hydrogens (primary N) is 2. The third-order valence-corrected chi connectivity index (χ3v) is 3.40. The van der Waals surface area contributed by atoms with Gasteiger partial charge in [0.25, 0.3) is 0 Å². The summed E-state index contributed by atoms with van der Waals surface area (Å²) in [5, 5.41) is 0. The molecular weight excluding hydrogens is 198 g/mol. The minimum atomic E-state index is 0. The van der Waals surface area contributed by atoms with Crippen LogP contribution in [0, 0.1) is 5.92 Å². The first kappa shape index (κ1) is 13.0. The number of anilines is 1. The maximum Gasteiger partial charge on any atom is 0.0314 e. The van der Waals surface area contributed by atoms with Crippen LogP contribution in [0.4, 0.5) is 5.69 Å². The second kappa shape index (κ2) is 5.87. The van der Waals surface area contributed by atoms with Gasteiger partial charge in [0, 0.05) is 11.7 Å². The molecule has 0 atom stereocenters. The summed E-state index contributed by atoms with van der Waals surface area (Å²) in [5.74, 6) is 0.827. The van der Waals surface area contributed by atoms with E-state index < -0.39 is 0 Å². The van der Waals surface area contributed by atoms with E-state index in [1.54, 1.807) is 0 Å². The monoisotopic (exact) mass is 221 g/mol. The number of hydrogen-bond donors (Lipinski definition) is 3. The molecular formula is C13H23N3. The molecule has 1 fully saturated rings. The lowest BCUT2D eigenvalue weighted by Crippen LogP contribution is -2.27. The van der Waals surface area contributed by atoms with E-state index in [9.17, 15) is 0 Å². The van der Waals surface area contributed by atoms with Crippen molar-refractivity contribution in [2.24, 2.45) is 11.7 Å². The fraction of sp³-hybridized carbons (Fsp3) is 0.538. The summed E-state index contributed by atoms with van der Waals surface area (Å²) in [6, 6.07) is 8.72. The fourth-order valence-corrected chi connectivity index (χ4v) is 2.38. The highest BCUT2D eigenvalue weighted by Crippen LogP contribution is 2.26. The molecule has 1 aliphatic rings. The Kier molecular flexibility index (Phi) is 4.77. The quantitative estimate of drug-likeness (QED) is 0.670. The Hall–Kier alpha value is -1.06. The van der Waals surface area contributed by atoms with Gasteiger partial charge in [0.2, 0.25) is 0 Å². The molecule has 0 aromatic heterocycles. The molecule has 1 aromatic rings. The molecule has 3 heteroatoms. The Morgan fingerprint density at radius 1 is 1.00 bits per heavy atom. The Labute approximate surface area is 97.8 Å². The second-order valence-corrected chi connectivity index (χ2v) is 4.73. The predicted molar refractivity (Wildman–Crippen MR) is 69.5 cm³/mol. The van der Waals surface area contributed by atoms with Gasteiger partial charge in [-0.25, -0.2) is 0 Å². The summed E-state index contributed by atoms with van der Waals surface area (Å²) in [6.45, 7) is 0. The van der Waals surface area contributed by atoms with Crippen molar-refractivity contribution in [3.05, 3.63) is 29.8 Å². The Morgan fingerprint density at radius 3 is 2.12 bits per heavy atom.